The fraction of sp³-hybridized carbons (Fsp3) is 0.696. The molecule has 0 heterocycles. The van der Waals surface area contributed by atoms with Crippen molar-refractivity contribution in [3.8, 4) is 0 Å². The number of hydrogen-bond acceptors (Lipinski definition) is 6. The Morgan fingerprint density at radius 2 is 1.97 bits per heavy atom. The fourth-order valence-corrected chi connectivity index (χ4v) is 7.25. The zero-order valence-electron chi connectivity index (χ0n) is 17.9. The second-order valence-electron chi connectivity index (χ2n) is 9.90. The molecule has 3 fully saturated rings. The van der Waals surface area contributed by atoms with E-state index in [9.17, 15) is 24.6 Å². The molecule has 0 radical (unpaired) electrons. The number of ether oxygens (including phenoxy) is 1. The van der Waals surface area contributed by atoms with Gasteiger partial charge in [0.1, 0.15) is 12.8 Å². The van der Waals surface area contributed by atoms with Crippen LogP contribution in [0.3, 0.4) is 0 Å². The van der Waals surface area contributed by atoms with E-state index in [1.54, 1.807) is 6.92 Å². The van der Waals surface area contributed by atoms with Crippen LogP contribution in [0.5, 0.6) is 0 Å². The maximum atomic E-state index is 17.0. The third-order valence-corrected chi connectivity index (χ3v) is 8.66. The van der Waals surface area contributed by atoms with Gasteiger partial charge in [0, 0.05) is 23.7 Å². The molecule has 8 atom stereocenters. The van der Waals surface area contributed by atoms with Gasteiger partial charge >= 0.3 is 5.97 Å². The van der Waals surface area contributed by atoms with E-state index in [1.165, 1.54) is 19.1 Å². The largest absolute Gasteiger partial charge is 0.451 e. The topological polar surface area (TPSA) is 101 Å². The number of halogens is 2. The summed E-state index contributed by atoms with van der Waals surface area (Å²) in [4.78, 5) is 36.6. The minimum atomic E-state index is -2.27. The molecule has 0 amide bonds. The molecule has 0 aromatic rings. The highest BCUT2D eigenvalue weighted by atomic mass is 19.1. The molecule has 0 saturated heterocycles. The van der Waals surface area contributed by atoms with Crippen LogP contribution in [-0.4, -0.2) is 57.9 Å². The second-order valence-corrected chi connectivity index (χ2v) is 9.90. The highest BCUT2D eigenvalue weighted by molar-refractivity contribution is 6.01. The monoisotopic (exact) mass is 438 g/mol. The fourth-order valence-electron chi connectivity index (χ4n) is 7.25. The molecule has 8 unspecified atom stereocenters. The molecule has 6 nitrogen and oxygen atoms in total. The van der Waals surface area contributed by atoms with Crippen LogP contribution in [0.15, 0.2) is 23.8 Å². The SMILES string of the molecule is CC(=O)OC1(C(=O)CO)CCC2C3CC(F)C4=CC(=O)C=CC4(C)C3(F)C(O)CC21C. The molecule has 4 aliphatic carbocycles. The lowest BCUT2D eigenvalue weighted by atomic mass is 9.44. The number of carbonyl (C=O) groups is 3. The van der Waals surface area contributed by atoms with E-state index in [0.717, 1.165) is 13.0 Å². The van der Waals surface area contributed by atoms with Gasteiger partial charge in [-0.25, -0.2) is 8.78 Å². The minimum Gasteiger partial charge on any atom is -0.451 e. The maximum Gasteiger partial charge on any atom is 0.303 e. The van der Waals surface area contributed by atoms with Gasteiger partial charge in [0.05, 0.1) is 6.10 Å². The van der Waals surface area contributed by atoms with Gasteiger partial charge < -0.3 is 14.9 Å². The van der Waals surface area contributed by atoms with Crippen molar-refractivity contribution in [1.82, 2.24) is 0 Å². The maximum absolute atomic E-state index is 17.0. The Morgan fingerprint density at radius 1 is 1.29 bits per heavy atom. The number of rotatable bonds is 3. The number of alkyl halides is 2. The molecule has 31 heavy (non-hydrogen) atoms. The molecular weight excluding hydrogens is 410 g/mol. The molecule has 4 rings (SSSR count). The first-order valence-corrected chi connectivity index (χ1v) is 10.7. The highest BCUT2D eigenvalue weighted by Crippen LogP contribution is 2.70. The zero-order valence-corrected chi connectivity index (χ0v) is 17.9. The van der Waals surface area contributed by atoms with Crippen LogP contribution in [0.4, 0.5) is 8.78 Å². The van der Waals surface area contributed by atoms with Gasteiger partial charge in [-0.3, -0.25) is 14.4 Å². The number of ketones is 2. The van der Waals surface area contributed by atoms with Crippen molar-refractivity contribution in [3.63, 3.8) is 0 Å². The standard InChI is InChI=1S/C23H28F2O6/c1-12(27)31-22(19(30)11-26)7-5-14-15-9-17(24)16-8-13(28)4-6-20(16,2)23(15,25)18(29)10-21(14,22)3/h4,6,8,14-15,17-18,26,29H,5,7,9-11H2,1-3H3. The molecule has 2 N–H and O–H groups in total. The normalized spacial score (nSPS) is 48.4. The quantitative estimate of drug-likeness (QED) is 0.655. The molecule has 3 saturated carbocycles. The van der Waals surface area contributed by atoms with E-state index < -0.39 is 70.4 Å². The number of aliphatic hydroxyl groups excluding tert-OH is 2. The van der Waals surface area contributed by atoms with Gasteiger partial charge in [-0.2, -0.15) is 0 Å². The Hall–Kier alpha value is -1.93. The van der Waals surface area contributed by atoms with Crippen LogP contribution in [0, 0.1) is 22.7 Å². The average molecular weight is 438 g/mol. The first-order valence-electron chi connectivity index (χ1n) is 10.7. The Morgan fingerprint density at radius 3 is 2.58 bits per heavy atom. The summed E-state index contributed by atoms with van der Waals surface area (Å²) in [6.45, 7) is 3.45. The van der Waals surface area contributed by atoms with Crippen molar-refractivity contribution in [2.24, 2.45) is 22.7 Å². The molecule has 0 aromatic heterocycles. The van der Waals surface area contributed by atoms with Gasteiger partial charge in [-0.15, -0.1) is 0 Å². The average Bonchev–Trinajstić information content (AvgIpc) is 2.97. The molecule has 0 aromatic carbocycles. The van der Waals surface area contributed by atoms with Gasteiger partial charge in [0.25, 0.3) is 0 Å². The number of carbonyl (C=O) groups excluding carboxylic acids is 3. The van der Waals surface area contributed by atoms with E-state index in [-0.39, 0.29) is 31.3 Å². The Bertz CT molecular complexity index is 914. The Balaban J connectivity index is 1.85. The number of allylic oxidation sites excluding steroid dienone is 4. The van der Waals surface area contributed by atoms with Gasteiger partial charge in [0.15, 0.2) is 17.1 Å². The van der Waals surface area contributed by atoms with Crippen molar-refractivity contribution in [3.05, 3.63) is 23.8 Å². The van der Waals surface area contributed by atoms with Crippen molar-refractivity contribution in [2.75, 3.05) is 6.61 Å². The smallest absolute Gasteiger partial charge is 0.303 e. The number of esters is 1. The number of aliphatic hydroxyl groups is 2. The summed E-state index contributed by atoms with van der Waals surface area (Å²) in [5, 5.41) is 20.8. The lowest BCUT2D eigenvalue weighted by Gasteiger charge is -2.63. The Kier molecular flexibility index (Phi) is 4.87. The lowest BCUT2D eigenvalue weighted by Crippen LogP contribution is -2.70. The van der Waals surface area contributed by atoms with Crippen LogP contribution >= 0.6 is 0 Å². The summed E-state index contributed by atoms with van der Waals surface area (Å²) < 4.78 is 37.8. The summed E-state index contributed by atoms with van der Waals surface area (Å²) in [6.07, 6.45) is 0.383. The summed E-state index contributed by atoms with van der Waals surface area (Å²) in [5.41, 5.74) is -6.64. The van der Waals surface area contributed by atoms with Crippen LogP contribution in [0.2, 0.25) is 0 Å². The van der Waals surface area contributed by atoms with Crippen molar-refractivity contribution < 1.29 is 38.1 Å². The third-order valence-electron chi connectivity index (χ3n) is 8.66. The number of fused-ring (bicyclic) bond motifs is 5. The van der Waals surface area contributed by atoms with Crippen LogP contribution in [0.25, 0.3) is 0 Å². The predicted molar refractivity (Wildman–Crippen MR) is 105 cm³/mol. The molecule has 0 aliphatic heterocycles. The van der Waals surface area contributed by atoms with Gasteiger partial charge in [-0.05, 0) is 56.3 Å². The molecule has 0 bridgehead atoms. The number of Topliss-reactive ketones (excluding diaryl/α,β-unsaturated/α-hetero) is 1. The molecule has 4 aliphatic rings. The van der Waals surface area contributed by atoms with Crippen LogP contribution in [-0.2, 0) is 19.1 Å². The highest BCUT2D eigenvalue weighted by Gasteiger charge is 2.76. The third kappa shape index (κ3) is 2.58. The summed E-state index contributed by atoms with van der Waals surface area (Å²) >= 11 is 0. The minimum absolute atomic E-state index is 0.0251. The van der Waals surface area contributed by atoms with Crippen LogP contribution < -0.4 is 0 Å². The summed E-state index contributed by atoms with van der Waals surface area (Å²) in [5.74, 6) is -3.38. The van der Waals surface area contributed by atoms with Gasteiger partial charge in [-0.1, -0.05) is 13.0 Å². The van der Waals surface area contributed by atoms with Crippen molar-refractivity contribution >= 4 is 17.5 Å². The lowest BCUT2D eigenvalue weighted by molar-refractivity contribution is -0.228. The van der Waals surface area contributed by atoms with Crippen LogP contribution in [0.1, 0.15) is 46.5 Å². The first-order chi connectivity index (χ1) is 14.4. The van der Waals surface area contributed by atoms with Crippen molar-refractivity contribution in [1.29, 1.82) is 0 Å². The predicted octanol–water partition coefficient (Wildman–Crippen LogP) is 2.17. The zero-order chi connectivity index (χ0) is 23.0. The first kappa shape index (κ1) is 22.3. The number of hydrogen-bond donors (Lipinski definition) is 2. The van der Waals surface area contributed by atoms with E-state index in [1.807, 2.05) is 0 Å². The molecular formula is C23H28F2O6. The molecule has 0 spiro atoms. The van der Waals surface area contributed by atoms with Crippen molar-refractivity contribution in [2.45, 2.75) is 70.0 Å². The van der Waals surface area contributed by atoms with Gasteiger partial charge in [0.2, 0.25) is 5.78 Å². The summed E-state index contributed by atoms with van der Waals surface area (Å²) in [7, 11) is 0. The summed E-state index contributed by atoms with van der Waals surface area (Å²) in [6, 6.07) is 0. The second kappa shape index (κ2) is 6.78. The van der Waals surface area contributed by atoms with E-state index in [2.05, 4.69) is 0 Å². The molecule has 8 heteroatoms. The van der Waals surface area contributed by atoms with E-state index >= 15 is 8.78 Å². The Labute approximate surface area is 179 Å². The van der Waals surface area contributed by atoms with E-state index in [4.69, 9.17) is 4.74 Å². The van der Waals surface area contributed by atoms with E-state index in [0.29, 0.717) is 0 Å². The molecule has 170 valence electrons.